The largest absolute Gasteiger partial charge is 0.426 e. The lowest BCUT2D eigenvalue weighted by Gasteiger charge is -2.27. The molecule has 129 valence electrons. The van der Waals surface area contributed by atoms with Crippen LogP contribution in [0.15, 0.2) is 16.6 Å². The molecule has 0 heterocycles. The molecule has 0 spiro atoms. The lowest BCUT2D eigenvalue weighted by atomic mass is 9.83. The average molecular weight is 400 g/mol. The monoisotopic (exact) mass is 399 g/mol. The number of carbonyl (C=O) groups is 1. The molecule has 1 aromatic carbocycles. The summed E-state index contributed by atoms with van der Waals surface area (Å²) in [5, 5.41) is 0. The van der Waals surface area contributed by atoms with Crippen molar-refractivity contribution in [2.75, 3.05) is 0 Å². The minimum atomic E-state index is -0.835. The zero-order valence-corrected chi connectivity index (χ0v) is 18.1. The fourth-order valence-electron chi connectivity index (χ4n) is 2.12. The lowest BCUT2D eigenvalue weighted by molar-refractivity contribution is -0.143. The van der Waals surface area contributed by atoms with E-state index in [1.54, 1.807) is 0 Å². The fourth-order valence-corrected chi connectivity index (χ4v) is 3.52. The zero-order valence-electron chi connectivity index (χ0n) is 15.5. The second-order valence-corrected chi connectivity index (χ2v) is 10.9. The van der Waals surface area contributed by atoms with Crippen molar-refractivity contribution in [1.82, 2.24) is 0 Å². The molecule has 3 nitrogen and oxygen atoms in total. The quantitative estimate of drug-likeness (QED) is 0.382. The summed E-state index contributed by atoms with van der Waals surface area (Å²) in [5.41, 5.74) is 1.45. The zero-order chi connectivity index (χ0) is 18.0. The average Bonchev–Trinajstić information content (AvgIpc) is 2.35. The van der Waals surface area contributed by atoms with Crippen molar-refractivity contribution < 1.29 is 14.0 Å². The highest BCUT2D eigenvalue weighted by atomic mass is 79.9. The van der Waals surface area contributed by atoms with Gasteiger partial charge in [-0.15, -0.1) is 0 Å². The van der Waals surface area contributed by atoms with E-state index in [2.05, 4.69) is 49.8 Å². The maximum absolute atomic E-state index is 12.3. The van der Waals surface area contributed by atoms with Gasteiger partial charge in [-0.3, -0.25) is 4.79 Å². The van der Waals surface area contributed by atoms with Gasteiger partial charge in [0.2, 0.25) is 9.04 Å². The number of rotatable bonds is 4. The Balaban J connectivity index is 3.37. The van der Waals surface area contributed by atoms with Crippen LogP contribution in [0.5, 0.6) is 5.75 Å². The van der Waals surface area contributed by atoms with Crippen molar-refractivity contribution in [2.45, 2.75) is 66.7 Å². The number of esters is 1. The number of hydrogen-bond acceptors (Lipinski definition) is 3. The summed E-state index contributed by atoms with van der Waals surface area (Å²) in [4.78, 5) is 12.3. The Kier molecular flexibility index (Phi) is 6.64. The Morgan fingerprint density at radius 1 is 1.13 bits per heavy atom. The molecule has 1 radical (unpaired) electrons. The first kappa shape index (κ1) is 20.4. The normalized spacial score (nSPS) is 12.6. The van der Waals surface area contributed by atoms with Gasteiger partial charge in [0.05, 0.1) is 12.0 Å². The van der Waals surface area contributed by atoms with Crippen molar-refractivity contribution in [1.29, 1.82) is 0 Å². The fraction of sp³-hybridized carbons (Fsp3) is 0.611. The molecule has 0 aliphatic rings. The Bertz CT molecular complexity index is 569. The Morgan fingerprint density at radius 2 is 1.70 bits per heavy atom. The predicted octanol–water partition coefficient (Wildman–Crippen LogP) is 5.47. The minimum Gasteiger partial charge on any atom is -0.426 e. The highest BCUT2D eigenvalue weighted by molar-refractivity contribution is 9.10. The molecular formula is C18H28BrO3Si. The molecule has 0 saturated carbocycles. The van der Waals surface area contributed by atoms with Crippen LogP contribution in [-0.4, -0.2) is 15.0 Å². The van der Waals surface area contributed by atoms with Gasteiger partial charge in [0.15, 0.2) is 0 Å². The van der Waals surface area contributed by atoms with Crippen LogP contribution in [0.4, 0.5) is 0 Å². The van der Waals surface area contributed by atoms with Crippen molar-refractivity contribution in [3.63, 3.8) is 0 Å². The molecule has 0 bridgehead atoms. The first-order valence-electron chi connectivity index (χ1n) is 7.81. The smallest absolute Gasteiger partial charge is 0.316 e. The molecule has 5 heteroatoms. The third-order valence-electron chi connectivity index (χ3n) is 3.29. The van der Waals surface area contributed by atoms with Crippen LogP contribution in [0, 0.1) is 5.41 Å². The minimum absolute atomic E-state index is 0.0872. The van der Waals surface area contributed by atoms with Crippen molar-refractivity contribution in [2.24, 2.45) is 5.41 Å². The van der Waals surface area contributed by atoms with Crippen LogP contribution >= 0.6 is 15.9 Å². The predicted molar refractivity (Wildman–Crippen MR) is 100 cm³/mol. The summed E-state index contributed by atoms with van der Waals surface area (Å²) in [6.45, 7) is 16.7. The van der Waals surface area contributed by atoms with Crippen LogP contribution in [-0.2, 0) is 21.2 Å². The molecule has 0 aliphatic carbocycles. The summed E-state index contributed by atoms with van der Waals surface area (Å²) in [7, 11) is -0.835. The van der Waals surface area contributed by atoms with Gasteiger partial charge in [0.1, 0.15) is 5.75 Å². The molecule has 1 aromatic rings. The van der Waals surface area contributed by atoms with E-state index in [1.165, 1.54) is 0 Å². The molecule has 0 saturated heterocycles. The van der Waals surface area contributed by atoms with Crippen LogP contribution in [0.1, 0.15) is 52.7 Å². The van der Waals surface area contributed by atoms with Crippen LogP contribution < -0.4 is 4.74 Å². The molecule has 0 unspecified atom stereocenters. The summed E-state index contributed by atoms with van der Waals surface area (Å²) < 4.78 is 12.6. The van der Waals surface area contributed by atoms with Gasteiger partial charge in [-0.2, -0.15) is 0 Å². The molecule has 0 fully saturated rings. The number of ether oxygens (including phenoxy) is 1. The summed E-state index contributed by atoms with van der Waals surface area (Å²) in [6.07, 6.45) is 0. The second kappa shape index (κ2) is 7.49. The van der Waals surface area contributed by atoms with E-state index >= 15 is 0 Å². The number of halogens is 1. The van der Waals surface area contributed by atoms with E-state index in [0.717, 1.165) is 15.6 Å². The molecule has 0 atom stereocenters. The molecular weight excluding hydrogens is 372 g/mol. The van der Waals surface area contributed by atoms with Gasteiger partial charge in [-0.25, -0.2) is 0 Å². The molecule has 0 N–H and O–H groups in total. The third-order valence-corrected chi connectivity index (χ3v) is 4.67. The highest BCUT2D eigenvalue weighted by Crippen LogP contribution is 2.38. The Labute approximate surface area is 150 Å². The van der Waals surface area contributed by atoms with Gasteiger partial charge in [-0.1, -0.05) is 36.7 Å². The van der Waals surface area contributed by atoms with Crippen molar-refractivity contribution in [3.8, 4) is 5.75 Å². The SMILES string of the molecule is C[Si](C)OCc1c(OC(=O)C(C)(C)C)ccc(Br)c1C(C)(C)C. The molecule has 0 aromatic heterocycles. The van der Waals surface area contributed by atoms with Gasteiger partial charge in [0, 0.05) is 10.0 Å². The summed E-state index contributed by atoms with van der Waals surface area (Å²) in [5.74, 6) is 0.362. The number of carbonyl (C=O) groups excluding carboxylic acids is 1. The standard InChI is InChI=1S/C18H28BrO3Si/c1-17(2,3)15-12(11-21-23(7)8)14(10-9-13(15)19)22-16(20)18(4,5)6/h9-10H,11H2,1-8H3. The summed E-state index contributed by atoms with van der Waals surface area (Å²) in [6, 6.07) is 3.79. The molecule has 23 heavy (non-hydrogen) atoms. The number of benzene rings is 1. The number of hydrogen-bond donors (Lipinski definition) is 0. The Morgan fingerprint density at radius 3 is 2.13 bits per heavy atom. The van der Waals surface area contributed by atoms with Crippen molar-refractivity contribution >= 4 is 30.9 Å². The van der Waals surface area contributed by atoms with Crippen molar-refractivity contribution in [3.05, 3.63) is 27.7 Å². The van der Waals surface area contributed by atoms with Crippen LogP contribution in [0.3, 0.4) is 0 Å². The van der Waals surface area contributed by atoms with Gasteiger partial charge < -0.3 is 9.16 Å². The third kappa shape index (κ3) is 5.73. The highest BCUT2D eigenvalue weighted by Gasteiger charge is 2.28. The molecule has 0 aliphatic heterocycles. The first-order chi connectivity index (χ1) is 10.3. The van der Waals surface area contributed by atoms with Gasteiger partial charge >= 0.3 is 5.97 Å². The lowest BCUT2D eigenvalue weighted by Crippen LogP contribution is -2.27. The molecule has 0 amide bonds. The van der Waals surface area contributed by atoms with Gasteiger partial charge in [0.25, 0.3) is 0 Å². The Hall–Kier alpha value is -0.653. The van der Waals surface area contributed by atoms with E-state index in [1.807, 2.05) is 32.9 Å². The maximum atomic E-state index is 12.3. The van der Waals surface area contributed by atoms with E-state index in [9.17, 15) is 4.79 Å². The van der Waals surface area contributed by atoms with Crippen LogP contribution in [0.25, 0.3) is 0 Å². The maximum Gasteiger partial charge on any atom is 0.316 e. The van der Waals surface area contributed by atoms with E-state index in [0.29, 0.717) is 12.4 Å². The first-order valence-corrected chi connectivity index (χ1v) is 11.0. The van der Waals surface area contributed by atoms with E-state index in [-0.39, 0.29) is 11.4 Å². The topological polar surface area (TPSA) is 35.5 Å². The van der Waals surface area contributed by atoms with Gasteiger partial charge in [-0.05, 0) is 57.0 Å². The molecule has 1 rings (SSSR count). The van der Waals surface area contributed by atoms with E-state index < -0.39 is 14.5 Å². The summed E-state index contributed by atoms with van der Waals surface area (Å²) >= 11 is 3.64. The second-order valence-electron chi connectivity index (χ2n) is 7.99. The van der Waals surface area contributed by atoms with E-state index in [4.69, 9.17) is 9.16 Å². The van der Waals surface area contributed by atoms with Crippen LogP contribution in [0.2, 0.25) is 13.1 Å².